The maximum atomic E-state index is 9.87. The summed E-state index contributed by atoms with van der Waals surface area (Å²) in [6.07, 6.45) is 3.48. The molecule has 16 heteroatoms. The Labute approximate surface area is 171 Å². The molecule has 0 aliphatic heterocycles. The maximum absolute atomic E-state index is 9.87. The van der Waals surface area contributed by atoms with E-state index in [1.54, 1.807) is 0 Å². The maximum Gasteiger partial charge on any atom is 3.00 e. The number of carboxylic acid groups (broad SMARTS) is 3. The Hall–Kier alpha value is -3.43. The van der Waals surface area contributed by atoms with Crippen molar-refractivity contribution >= 4 is 17.9 Å². The average molecular weight is 575 g/mol. The minimum atomic E-state index is -1.15. The van der Waals surface area contributed by atoms with Crippen molar-refractivity contribution in [2.45, 2.75) is 19.3 Å². The monoisotopic (exact) mass is 575 g/mol. The van der Waals surface area contributed by atoms with Crippen LogP contribution in [0.3, 0.4) is 0 Å². The van der Waals surface area contributed by atoms with Crippen molar-refractivity contribution in [2.24, 2.45) is 0 Å². The summed E-state index contributed by atoms with van der Waals surface area (Å²) in [5, 5.41) is 57.2. The van der Waals surface area contributed by atoms with Gasteiger partial charge in [-0.25, -0.2) is 0 Å². The molecule has 0 atom stereocenters. The Morgan fingerprint density at radius 1 is 0.643 bits per heavy atom. The molecular weight excluding hydrogens is 563 g/mol. The smallest absolute Gasteiger partial charge is 0.550 e. The van der Waals surface area contributed by atoms with Gasteiger partial charge in [0, 0.05) is 37.2 Å². The molecule has 0 bridgehead atoms. The molecule has 0 radical (unpaired) electrons. The molecule has 0 unspecified atom stereocenters. The molecule has 3 aromatic heterocycles. The van der Waals surface area contributed by atoms with Crippen molar-refractivity contribution < 1.29 is 52.1 Å². The molecule has 0 saturated heterocycles. The van der Waals surface area contributed by atoms with Crippen LogP contribution >= 0.6 is 0 Å². The molecule has 3 aromatic rings. The van der Waals surface area contributed by atoms with Gasteiger partial charge in [0.15, 0.2) is 0 Å². The number of carboxylic acids is 3. The van der Waals surface area contributed by atoms with Crippen LogP contribution in [0, 0.1) is 0 Å². The Balaban J connectivity index is 0.000000384. The minimum Gasteiger partial charge on any atom is -0.550 e. The third-order valence-corrected chi connectivity index (χ3v) is 2.37. The molecule has 28 heavy (non-hydrogen) atoms. The fourth-order valence-corrected chi connectivity index (χ4v) is 1.38. The van der Waals surface area contributed by atoms with Gasteiger partial charge in [-0.3, -0.25) is 0 Å². The van der Waals surface area contributed by atoms with Gasteiger partial charge in [-0.2, -0.15) is 46.2 Å². The number of nitrogens with zero attached hydrogens (tertiary/aromatic N) is 6. The van der Waals surface area contributed by atoms with E-state index in [9.17, 15) is 29.7 Å². The molecule has 0 amide bonds. The predicted octanol–water partition coefficient (Wildman–Crippen LogP) is -5.71. The van der Waals surface area contributed by atoms with E-state index in [2.05, 4.69) is 46.2 Å². The first-order valence-corrected chi connectivity index (χ1v) is 7.00. The van der Waals surface area contributed by atoms with Gasteiger partial charge in [-0.1, -0.05) is 0 Å². The summed E-state index contributed by atoms with van der Waals surface area (Å²) in [5.41, 5.74) is 1.15. The van der Waals surface area contributed by atoms with Crippen molar-refractivity contribution in [3.63, 3.8) is 0 Å². The second-order valence-electron chi connectivity index (χ2n) is 4.53. The minimum absolute atomic E-state index is 0. The molecule has 152 valence electrons. The molecule has 3 rings (SSSR count). The summed E-state index contributed by atoms with van der Waals surface area (Å²) < 4.78 is 0. The second kappa shape index (κ2) is 13.7. The SMILES string of the molecule is O=C([O-])Cc1cn[nH]n1.O=C([O-])Cc1cn[nH]n1.O=C([O-])Cc1cn[nH]n1.[Au+3]. The second-order valence-corrected chi connectivity index (χ2v) is 4.53. The number of aromatic nitrogens is 9. The number of nitrogens with one attached hydrogen (secondary N) is 3. The summed E-state index contributed by atoms with van der Waals surface area (Å²) in [7, 11) is 0. The molecule has 0 aliphatic rings. The first kappa shape index (κ1) is 24.6. The number of H-pyrrole nitrogens is 3. The van der Waals surface area contributed by atoms with E-state index in [4.69, 9.17) is 0 Å². The number of hydrogen-bond donors (Lipinski definition) is 3. The van der Waals surface area contributed by atoms with Crippen LogP contribution in [-0.4, -0.2) is 64.1 Å². The van der Waals surface area contributed by atoms with E-state index in [1.807, 2.05) is 0 Å². The van der Waals surface area contributed by atoms with Gasteiger partial charge < -0.3 is 29.7 Å². The van der Waals surface area contributed by atoms with E-state index in [0.717, 1.165) is 0 Å². The largest absolute Gasteiger partial charge is 3.00 e. The number of carbonyl (C=O) groups is 3. The van der Waals surface area contributed by atoms with Gasteiger partial charge in [0.25, 0.3) is 0 Å². The van der Waals surface area contributed by atoms with Crippen LogP contribution < -0.4 is 15.3 Å². The molecular formula is C12H12AuN9O6. The first-order chi connectivity index (χ1) is 12.9. The van der Waals surface area contributed by atoms with E-state index in [0.29, 0.717) is 17.1 Å². The average Bonchev–Trinajstić information content (AvgIpc) is 3.30. The summed E-state index contributed by atoms with van der Waals surface area (Å²) >= 11 is 0. The van der Waals surface area contributed by atoms with E-state index in [1.165, 1.54) is 18.6 Å². The summed E-state index contributed by atoms with van der Waals surface area (Å²) in [6, 6.07) is 0. The van der Waals surface area contributed by atoms with E-state index >= 15 is 0 Å². The molecule has 0 fully saturated rings. The third-order valence-electron chi connectivity index (χ3n) is 2.37. The van der Waals surface area contributed by atoms with Crippen LogP contribution in [0.1, 0.15) is 17.1 Å². The fourth-order valence-electron chi connectivity index (χ4n) is 1.38. The quantitative estimate of drug-likeness (QED) is 0.233. The number of aromatic amines is 3. The Kier molecular flexibility index (Phi) is 12.0. The van der Waals surface area contributed by atoms with Gasteiger partial charge in [0.05, 0.1) is 35.7 Å². The third kappa shape index (κ3) is 12.0. The molecule has 0 aliphatic carbocycles. The first-order valence-electron chi connectivity index (χ1n) is 7.00. The molecule has 0 aromatic carbocycles. The number of rotatable bonds is 6. The van der Waals surface area contributed by atoms with Crippen LogP contribution in [-0.2, 0) is 56.0 Å². The van der Waals surface area contributed by atoms with Crippen molar-refractivity contribution in [3.05, 3.63) is 35.7 Å². The van der Waals surface area contributed by atoms with Crippen LogP contribution in [0.5, 0.6) is 0 Å². The van der Waals surface area contributed by atoms with Gasteiger partial charge in [-0.15, -0.1) is 0 Å². The molecule has 3 N–H and O–H groups in total. The predicted molar refractivity (Wildman–Crippen MR) is 75.3 cm³/mol. The van der Waals surface area contributed by atoms with Crippen LogP contribution in [0.2, 0.25) is 0 Å². The van der Waals surface area contributed by atoms with Crippen LogP contribution in [0.15, 0.2) is 18.6 Å². The Morgan fingerprint density at radius 2 is 0.893 bits per heavy atom. The Bertz CT molecular complexity index is 697. The van der Waals surface area contributed by atoms with Gasteiger partial charge in [-0.05, 0) is 0 Å². The van der Waals surface area contributed by atoms with E-state index in [-0.39, 0.29) is 41.6 Å². The van der Waals surface area contributed by atoms with Gasteiger partial charge in [0.2, 0.25) is 0 Å². The zero-order valence-electron chi connectivity index (χ0n) is 13.8. The van der Waals surface area contributed by atoms with Crippen LogP contribution in [0.25, 0.3) is 0 Å². The molecule has 15 nitrogen and oxygen atoms in total. The fraction of sp³-hybridized carbons (Fsp3) is 0.250. The van der Waals surface area contributed by atoms with Crippen LogP contribution in [0.4, 0.5) is 0 Å². The summed E-state index contributed by atoms with van der Waals surface area (Å²) in [4.78, 5) is 29.6. The number of aliphatic carboxylic acids is 3. The Morgan fingerprint density at radius 3 is 1.04 bits per heavy atom. The topological polar surface area (TPSA) is 245 Å². The van der Waals surface area contributed by atoms with Gasteiger partial charge >= 0.3 is 22.4 Å². The molecule has 0 saturated carbocycles. The summed E-state index contributed by atoms with van der Waals surface area (Å²) in [5.74, 6) is -3.45. The number of carbonyl (C=O) groups excluding carboxylic acids is 3. The van der Waals surface area contributed by atoms with Gasteiger partial charge in [0.1, 0.15) is 0 Å². The summed E-state index contributed by atoms with van der Waals surface area (Å²) in [6.45, 7) is 0. The zero-order chi connectivity index (χ0) is 20.1. The van der Waals surface area contributed by atoms with Crippen molar-refractivity contribution in [1.29, 1.82) is 0 Å². The van der Waals surface area contributed by atoms with E-state index < -0.39 is 17.9 Å². The van der Waals surface area contributed by atoms with Crippen molar-refractivity contribution in [3.8, 4) is 0 Å². The molecule has 3 heterocycles. The number of hydrogen-bond acceptors (Lipinski definition) is 12. The van der Waals surface area contributed by atoms with Crippen molar-refractivity contribution in [1.82, 2.24) is 46.2 Å². The molecule has 0 spiro atoms. The standard InChI is InChI=1S/3C4H5N3O2.Au/c3*8-4(9)1-3-2-5-7-6-3;/h3*2H,1H2,(H,8,9)(H,5,6,7);/q;;;+3/p-3. The normalized spacial score (nSPS) is 9.00. The zero-order valence-corrected chi connectivity index (χ0v) is 16.0. The van der Waals surface area contributed by atoms with Crippen molar-refractivity contribution in [2.75, 3.05) is 0 Å².